The number of thiazole rings is 1. The molecule has 2 aliphatic rings. The maximum Gasteiger partial charge on any atom is 0.273 e. The molecule has 1 aromatic heterocycles. The molecule has 0 saturated carbocycles. The molecule has 2 bridgehead atoms. The molecule has 17 heavy (non-hydrogen) atoms. The summed E-state index contributed by atoms with van der Waals surface area (Å²) in [6.45, 7) is 1.74. The molecule has 2 saturated heterocycles. The number of carbonyl (C=O) groups excluding carboxylic acids is 1. The Hall–Kier alpha value is -0.940. The van der Waals surface area contributed by atoms with Crippen LogP contribution in [0.2, 0.25) is 0 Å². The second-order valence-corrected chi connectivity index (χ2v) is 5.68. The molecule has 5 heteroatoms. The minimum Gasteiger partial charge on any atom is -0.336 e. The monoisotopic (exact) mass is 251 g/mol. The number of hydrogen-bond donors (Lipinski definition) is 0. The molecule has 2 atom stereocenters. The Labute approximate surface area is 105 Å². The number of fused-ring (bicyclic) bond motifs is 2. The SMILES string of the molecule is CN1C2CCC1CN(C(=O)c1cscn1)CC2. The number of nitrogens with zero attached hydrogens (tertiary/aromatic N) is 3. The van der Waals surface area contributed by atoms with Crippen LogP contribution in [0.1, 0.15) is 29.8 Å². The number of likely N-dealkylation sites (N-methyl/N-ethyl adjacent to an activating group) is 1. The van der Waals surface area contributed by atoms with Crippen molar-refractivity contribution in [2.24, 2.45) is 0 Å². The van der Waals surface area contributed by atoms with Crippen LogP contribution < -0.4 is 0 Å². The molecule has 3 rings (SSSR count). The second kappa shape index (κ2) is 4.38. The Morgan fingerprint density at radius 3 is 3.00 bits per heavy atom. The summed E-state index contributed by atoms with van der Waals surface area (Å²) in [4.78, 5) is 20.8. The Balaban J connectivity index is 1.75. The van der Waals surface area contributed by atoms with E-state index in [1.807, 2.05) is 10.3 Å². The maximum atomic E-state index is 12.2. The van der Waals surface area contributed by atoms with E-state index in [0.29, 0.717) is 17.8 Å². The standard InChI is InChI=1S/C12H17N3OS/c1-14-9-2-3-10(14)6-15(5-4-9)12(16)11-7-17-8-13-11/h7-10H,2-6H2,1H3. The molecule has 0 N–H and O–H groups in total. The van der Waals surface area contributed by atoms with Crippen LogP contribution in [-0.4, -0.2) is 52.9 Å². The van der Waals surface area contributed by atoms with E-state index in [1.165, 1.54) is 24.2 Å². The van der Waals surface area contributed by atoms with Gasteiger partial charge in [0, 0.05) is 30.6 Å². The van der Waals surface area contributed by atoms with Gasteiger partial charge in [0.15, 0.2) is 0 Å². The van der Waals surface area contributed by atoms with Crippen molar-refractivity contribution in [3.8, 4) is 0 Å². The lowest BCUT2D eigenvalue weighted by Crippen LogP contribution is -2.39. The summed E-state index contributed by atoms with van der Waals surface area (Å²) < 4.78 is 0. The molecule has 1 amide bonds. The van der Waals surface area contributed by atoms with Gasteiger partial charge >= 0.3 is 0 Å². The van der Waals surface area contributed by atoms with Gasteiger partial charge in [-0.1, -0.05) is 0 Å². The molecule has 2 unspecified atom stereocenters. The van der Waals surface area contributed by atoms with E-state index in [2.05, 4.69) is 16.9 Å². The highest BCUT2D eigenvalue weighted by Crippen LogP contribution is 2.28. The minimum absolute atomic E-state index is 0.104. The first-order chi connectivity index (χ1) is 8.25. The molecule has 0 aromatic carbocycles. The van der Waals surface area contributed by atoms with Gasteiger partial charge in [0.1, 0.15) is 5.69 Å². The third-order valence-electron chi connectivity index (χ3n) is 4.09. The van der Waals surface area contributed by atoms with Crippen LogP contribution in [0.4, 0.5) is 0 Å². The fourth-order valence-corrected chi connectivity index (χ4v) is 3.50. The second-order valence-electron chi connectivity index (χ2n) is 4.96. The Morgan fingerprint density at radius 1 is 1.41 bits per heavy atom. The number of amides is 1. The number of hydrogen-bond acceptors (Lipinski definition) is 4. The lowest BCUT2D eigenvalue weighted by molar-refractivity contribution is 0.0735. The largest absolute Gasteiger partial charge is 0.336 e. The smallest absolute Gasteiger partial charge is 0.273 e. The Bertz CT molecular complexity index is 406. The molecule has 92 valence electrons. The van der Waals surface area contributed by atoms with Gasteiger partial charge in [0.25, 0.3) is 5.91 Å². The molecular formula is C12H17N3OS. The van der Waals surface area contributed by atoms with E-state index in [1.54, 1.807) is 5.51 Å². The van der Waals surface area contributed by atoms with Gasteiger partial charge in [-0.25, -0.2) is 4.98 Å². The summed E-state index contributed by atoms with van der Waals surface area (Å²) in [5.41, 5.74) is 2.33. The van der Waals surface area contributed by atoms with Crippen molar-refractivity contribution in [3.05, 3.63) is 16.6 Å². The average molecular weight is 251 g/mol. The summed E-state index contributed by atoms with van der Waals surface area (Å²) >= 11 is 1.48. The summed E-state index contributed by atoms with van der Waals surface area (Å²) in [6.07, 6.45) is 3.62. The highest BCUT2D eigenvalue weighted by Gasteiger charge is 2.36. The van der Waals surface area contributed by atoms with E-state index >= 15 is 0 Å². The molecule has 0 spiro atoms. The average Bonchev–Trinajstić information content (AvgIpc) is 2.88. The van der Waals surface area contributed by atoms with Crippen LogP contribution in [0.25, 0.3) is 0 Å². The third kappa shape index (κ3) is 1.98. The van der Waals surface area contributed by atoms with E-state index in [0.717, 1.165) is 19.5 Å². The van der Waals surface area contributed by atoms with Crippen LogP contribution in [0.3, 0.4) is 0 Å². The normalized spacial score (nSPS) is 29.4. The maximum absolute atomic E-state index is 12.2. The van der Waals surface area contributed by atoms with E-state index in [4.69, 9.17) is 0 Å². The Kier molecular flexibility index (Phi) is 2.88. The van der Waals surface area contributed by atoms with E-state index in [-0.39, 0.29) is 5.91 Å². The van der Waals surface area contributed by atoms with Crippen molar-refractivity contribution < 1.29 is 4.79 Å². The predicted octanol–water partition coefficient (Wildman–Crippen LogP) is 1.45. The van der Waals surface area contributed by atoms with Gasteiger partial charge in [-0.05, 0) is 26.3 Å². The summed E-state index contributed by atoms with van der Waals surface area (Å²) in [6, 6.07) is 1.22. The minimum atomic E-state index is 0.104. The summed E-state index contributed by atoms with van der Waals surface area (Å²) in [5, 5.41) is 1.84. The van der Waals surface area contributed by atoms with Gasteiger partial charge in [-0.2, -0.15) is 0 Å². The number of likely N-dealkylation sites (tertiary alicyclic amines) is 1. The first-order valence-electron chi connectivity index (χ1n) is 6.15. The molecule has 1 aromatic rings. The molecule has 0 aliphatic carbocycles. The van der Waals surface area contributed by atoms with Crippen LogP contribution >= 0.6 is 11.3 Å². The van der Waals surface area contributed by atoms with Gasteiger partial charge in [-0.15, -0.1) is 11.3 Å². The van der Waals surface area contributed by atoms with Crippen LogP contribution in [0.5, 0.6) is 0 Å². The van der Waals surface area contributed by atoms with Gasteiger partial charge in [0.05, 0.1) is 5.51 Å². The molecular weight excluding hydrogens is 234 g/mol. The molecule has 4 nitrogen and oxygen atoms in total. The summed E-state index contributed by atoms with van der Waals surface area (Å²) in [7, 11) is 2.19. The van der Waals surface area contributed by atoms with Gasteiger partial charge in [0.2, 0.25) is 0 Å². The first kappa shape index (κ1) is 11.2. The predicted molar refractivity (Wildman–Crippen MR) is 67.2 cm³/mol. The first-order valence-corrected chi connectivity index (χ1v) is 7.09. The zero-order chi connectivity index (χ0) is 11.8. The van der Waals surface area contributed by atoms with E-state index in [9.17, 15) is 4.79 Å². The third-order valence-corrected chi connectivity index (χ3v) is 4.67. The van der Waals surface area contributed by atoms with Crippen molar-refractivity contribution in [2.75, 3.05) is 20.1 Å². The molecule has 0 radical (unpaired) electrons. The van der Waals surface area contributed by atoms with Gasteiger partial charge < -0.3 is 4.90 Å². The lowest BCUT2D eigenvalue weighted by Gasteiger charge is -2.25. The fraction of sp³-hybridized carbons (Fsp3) is 0.667. The number of aromatic nitrogens is 1. The zero-order valence-electron chi connectivity index (χ0n) is 10.0. The topological polar surface area (TPSA) is 36.4 Å². The highest BCUT2D eigenvalue weighted by atomic mass is 32.1. The van der Waals surface area contributed by atoms with Crippen LogP contribution in [-0.2, 0) is 0 Å². The Morgan fingerprint density at radius 2 is 2.24 bits per heavy atom. The van der Waals surface area contributed by atoms with Crippen molar-refractivity contribution in [3.63, 3.8) is 0 Å². The van der Waals surface area contributed by atoms with Gasteiger partial charge in [-0.3, -0.25) is 9.69 Å². The summed E-state index contributed by atoms with van der Waals surface area (Å²) in [5.74, 6) is 0.104. The van der Waals surface area contributed by atoms with Crippen LogP contribution in [0.15, 0.2) is 10.9 Å². The quantitative estimate of drug-likeness (QED) is 0.758. The highest BCUT2D eigenvalue weighted by molar-refractivity contribution is 7.07. The van der Waals surface area contributed by atoms with Crippen molar-refractivity contribution >= 4 is 17.2 Å². The van der Waals surface area contributed by atoms with Crippen LogP contribution in [0, 0.1) is 0 Å². The van der Waals surface area contributed by atoms with Crippen molar-refractivity contribution in [2.45, 2.75) is 31.3 Å². The number of carbonyl (C=O) groups is 1. The van der Waals surface area contributed by atoms with Crippen molar-refractivity contribution in [1.82, 2.24) is 14.8 Å². The molecule has 2 fully saturated rings. The zero-order valence-corrected chi connectivity index (χ0v) is 10.8. The fourth-order valence-electron chi connectivity index (χ4n) is 2.97. The lowest BCUT2D eigenvalue weighted by atomic mass is 10.1. The number of rotatable bonds is 1. The molecule has 3 heterocycles. The van der Waals surface area contributed by atoms with E-state index < -0.39 is 0 Å². The molecule has 2 aliphatic heterocycles. The van der Waals surface area contributed by atoms with Crippen molar-refractivity contribution in [1.29, 1.82) is 0 Å².